The number of benzene rings is 1. The van der Waals surface area contributed by atoms with Crippen molar-refractivity contribution in [2.45, 2.75) is 13.3 Å². The minimum absolute atomic E-state index is 0.209. The minimum atomic E-state index is -0.209. The summed E-state index contributed by atoms with van der Waals surface area (Å²) in [6.07, 6.45) is 2.35. The van der Waals surface area contributed by atoms with Gasteiger partial charge in [0.1, 0.15) is 5.82 Å². The Morgan fingerprint density at radius 3 is 2.52 bits per heavy atom. The van der Waals surface area contributed by atoms with Gasteiger partial charge in [-0.05, 0) is 31.3 Å². The number of pyridine rings is 1. The minimum Gasteiger partial charge on any atom is -0.338 e. The summed E-state index contributed by atoms with van der Waals surface area (Å²) >= 11 is 0. The number of carbonyl (C=O) groups excluding carboxylic acids is 1. The molecule has 4 rings (SSSR count). The number of hydrogen-bond acceptors (Lipinski definition) is 8. The van der Waals surface area contributed by atoms with Crippen LogP contribution < -0.4 is 15.5 Å². The van der Waals surface area contributed by atoms with Crippen LogP contribution in [0.4, 0.5) is 23.4 Å². The first-order chi connectivity index (χ1) is 15.1. The highest BCUT2D eigenvalue weighted by Crippen LogP contribution is 2.23. The highest BCUT2D eigenvalue weighted by atomic mass is 16.1. The number of amides is 1. The maximum atomic E-state index is 12.6. The predicted molar refractivity (Wildman–Crippen MR) is 121 cm³/mol. The van der Waals surface area contributed by atoms with Crippen molar-refractivity contribution in [3.05, 3.63) is 60.0 Å². The van der Waals surface area contributed by atoms with Gasteiger partial charge < -0.3 is 20.4 Å². The third kappa shape index (κ3) is 5.13. The predicted octanol–water partition coefficient (Wildman–Crippen LogP) is 2.58. The van der Waals surface area contributed by atoms with Gasteiger partial charge in [-0.3, -0.25) is 4.79 Å². The Labute approximate surface area is 181 Å². The monoisotopic (exact) mass is 418 g/mol. The van der Waals surface area contributed by atoms with Crippen molar-refractivity contribution in [2.24, 2.45) is 0 Å². The molecule has 1 amide bonds. The molecule has 0 bridgehead atoms. The van der Waals surface area contributed by atoms with Gasteiger partial charge in [0.25, 0.3) is 5.91 Å². The molecule has 3 heterocycles. The van der Waals surface area contributed by atoms with E-state index >= 15 is 0 Å². The topological polar surface area (TPSA) is 99.2 Å². The van der Waals surface area contributed by atoms with Crippen molar-refractivity contribution >= 4 is 29.3 Å². The average molecular weight is 419 g/mol. The summed E-state index contributed by atoms with van der Waals surface area (Å²) in [7, 11) is 2.11. The third-order valence-corrected chi connectivity index (χ3v) is 5.09. The largest absolute Gasteiger partial charge is 0.338 e. The van der Waals surface area contributed by atoms with Crippen LogP contribution in [0.5, 0.6) is 0 Å². The van der Waals surface area contributed by atoms with Crippen LogP contribution in [0.2, 0.25) is 0 Å². The van der Waals surface area contributed by atoms with E-state index in [1.165, 1.54) is 0 Å². The zero-order valence-electron chi connectivity index (χ0n) is 17.7. The first-order valence-electron chi connectivity index (χ1n) is 10.4. The molecule has 2 aromatic heterocycles. The Bertz CT molecular complexity index is 1030. The molecule has 0 unspecified atom stereocenters. The summed E-state index contributed by atoms with van der Waals surface area (Å²) in [5, 5.41) is 6.07. The number of hydrogen-bond donors (Lipinski definition) is 2. The number of aryl methyl sites for hydroxylation is 1. The van der Waals surface area contributed by atoms with E-state index in [0.29, 0.717) is 41.2 Å². The molecule has 9 heteroatoms. The summed E-state index contributed by atoms with van der Waals surface area (Å²) in [5.41, 5.74) is 1.12. The fourth-order valence-electron chi connectivity index (χ4n) is 3.26. The van der Waals surface area contributed by atoms with E-state index in [0.717, 1.165) is 26.2 Å². The third-order valence-electron chi connectivity index (χ3n) is 5.09. The van der Waals surface area contributed by atoms with Crippen molar-refractivity contribution in [3.63, 3.8) is 0 Å². The van der Waals surface area contributed by atoms with E-state index in [9.17, 15) is 4.79 Å². The van der Waals surface area contributed by atoms with Crippen LogP contribution >= 0.6 is 0 Å². The summed E-state index contributed by atoms with van der Waals surface area (Å²) in [4.78, 5) is 35.2. The van der Waals surface area contributed by atoms with Crippen LogP contribution in [0.1, 0.15) is 23.1 Å². The SMILES string of the molecule is CCc1nc(Nc2ncccc2NC(=O)c2ccccc2)nc(N2CCN(C)CC2)n1. The molecule has 31 heavy (non-hydrogen) atoms. The number of piperazine rings is 1. The van der Waals surface area contributed by atoms with Crippen LogP contribution in [-0.2, 0) is 6.42 Å². The maximum Gasteiger partial charge on any atom is 0.255 e. The molecular formula is C22H26N8O. The Hall–Kier alpha value is -3.59. The Balaban J connectivity index is 1.56. The quantitative estimate of drug-likeness (QED) is 0.630. The van der Waals surface area contributed by atoms with Gasteiger partial charge in [-0.1, -0.05) is 25.1 Å². The molecule has 0 spiro atoms. The lowest BCUT2D eigenvalue weighted by Gasteiger charge is -2.32. The molecular weight excluding hydrogens is 392 g/mol. The Morgan fingerprint density at radius 1 is 1.00 bits per heavy atom. The second kappa shape index (κ2) is 9.48. The fraction of sp³-hybridized carbons (Fsp3) is 0.318. The lowest BCUT2D eigenvalue weighted by molar-refractivity contribution is 0.102. The average Bonchev–Trinajstić information content (AvgIpc) is 2.81. The standard InChI is InChI=1S/C22H26N8O/c1-3-18-25-21(28-22(26-18)30-14-12-29(2)13-15-30)27-19-17(10-7-11-23-19)24-20(31)16-8-5-4-6-9-16/h4-11H,3,12-15H2,1-2H3,(H,24,31)(H,23,25,26,27,28). The zero-order valence-corrected chi connectivity index (χ0v) is 17.7. The van der Waals surface area contributed by atoms with Crippen LogP contribution in [0.15, 0.2) is 48.7 Å². The van der Waals surface area contributed by atoms with E-state index in [1.807, 2.05) is 25.1 Å². The van der Waals surface area contributed by atoms with Crippen molar-refractivity contribution in [1.82, 2.24) is 24.8 Å². The van der Waals surface area contributed by atoms with Gasteiger partial charge in [-0.2, -0.15) is 15.0 Å². The van der Waals surface area contributed by atoms with Gasteiger partial charge in [0.2, 0.25) is 11.9 Å². The lowest BCUT2D eigenvalue weighted by atomic mass is 10.2. The zero-order chi connectivity index (χ0) is 21.6. The summed E-state index contributed by atoms with van der Waals surface area (Å²) < 4.78 is 0. The molecule has 1 saturated heterocycles. The van der Waals surface area contributed by atoms with Gasteiger partial charge in [0.05, 0.1) is 5.69 Å². The number of anilines is 4. The summed E-state index contributed by atoms with van der Waals surface area (Å²) in [6, 6.07) is 12.6. The maximum absolute atomic E-state index is 12.6. The number of aromatic nitrogens is 4. The highest BCUT2D eigenvalue weighted by Gasteiger charge is 2.19. The molecule has 1 aromatic carbocycles. The first kappa shape index (κ1) is 20.7. The second-order valence-electron chi connectivity index (χ2n) is 7.36. The van der Waals surface area contributed by atoms with Gasteiger partial charge >= 0.3 is 0 Å². The van der Waals surface area contributed by atoms with Crippen molar-refractivity contribution in [1.29, 1.82) is 0 Å². The molecule has 0 aliphatic carbocycles. The van der Waals surface area contributed by atoms with E-state index in [4.69, 9.17) is 0 Å². The highest BCUT2D eigenvalue weighted by molar-refractivity contribution is 6.05. The van der Waals surface area contributed by atoms with Crippen LogP contribution in [-0.4, -0.2) is 64.0 Å². The number of nitrogens with one attached hydrogen (secondary N) is 2. The Kier molecular flexibility index (Phi) is 6.32. The molecule has 0 saturated carbocycles. The second-order valence-corrected chi connectivity index (χ2v) is 7.36. The van der Waals surface area contributed by atoms with E-state index in [2.05, 4.69) is 47.4 Å². The molecule has 0 radical (unpaired) electrons. The van der Waals surface area contributed by atoms with Crippen molar-refractivity contribution in [3.8, 4) is 0 Å². The number of rotatable bonds is 6. The van der Waals surface area contributed by atoms with E-state index in [1.54, 1.807) is 30.5 Å². The van der Waals surface area contributed by atoms with E-state index < -0.39 is 0 Å². The molecule has 1 aliphatic heterocycles. The van der Waals surface area contributed by atoms with Crippen LogP contribution in [0.3, 0.4) is 0 Å². The number of carbonyl (C=O) groups is 1. The Morgan fingerprint density at radius 2 is 1.77 bits per heavy atom. The molecule has 2 N–H and O–H groups in total. The molecule has 9 nitrogen and oxygen atoms in total. The number of nitrogens with zero attached hydrogens (tertiary/aromatic N) is 6. The summed E-state index contributed by atoms with van der Waals surface area (Å²) in [5.74, 6) is 2.05. The van der Waals surface area contributed by atoms with Crippen molar-refractivity contribution < 1.29 is 4.79 Å². The molecule has 3 aromatic rings. The van der Waals surface area contributed by atoms with Crippen LogP contribution in [0.25, 0.3) is 0 Å². The number of likely N-dealkylation sites (N-methyl/N-ethyl adjacent to an activating group) is 1. The van der Waals surface area contributed by atoms with Crippen molar-refractivity contribution in [2.75, 3.05) is 48.8 Å². The fourth-order valence-corrected chi connectivity index (χ4v) is 3.26. The lowest BCUT2D eigenvalue weighted by Crippen LogP contribution is -2.45. The first-order valence-corrected chi connectivity index (χ1v) is 10.4. The van der Waals surface area contributed by atoms with Gasteiger partial charge in [-0.25, -0.2) is 4.98 Å². The van der Waals surface area contributed by atoms with Gasteiger partial charge in [0.15, 0.2) is 5.82 Å². The molecule has 0 atom stereocenters. The van der Waals surface area contributed by atoms with Gasteiger partial charge in [-0.15, -0.1) is 0 Å². The van der Waals surface area contributed by atoms with Crippen LogP contribution in [0, 0.1) is 0 Å². The van der Waals surface area contributed by atoms with E-state index in [-0.39, 0.29) is 5.91 Å². The normalized spacial score (nSPS) is 14.3. The smallest absolute Gasteiger partial charge is 0.255 e. The molecule has 1 fully saturated rings. The molecule has 160 valence electrons. The summed E-state index contributed by atoms with van der Waals surface area (Å²) in [6.45, 7) is 5.67. The molecule has 1 aliphatic rings. The van der Waals surface area contributed by atoms with Gasteiger partial charge in [0, 0.05) is 44.4 Å².